The van der Waals surface area contributed by atoms with Crippen LogP contribution in [0.3, 0.4) is 0 Å². The number of rotatable bonds is 8. The largest absolute Gasteiger partial charge is 0.352 e. The fraction of sp³-hybridized carbons (Fsp3) is 0.235. The van der Waals surface area contributed by atoms with Gasteiger partial charge in [-0.2, -0.15) is 0 Å². The molecule has 0 aliphatic rings. The van der Waals surface area contributed by atoms with Gasteiger partial charge in [0.1, 0.15) is 10.7 Å². The van der Waals surface area contributed by atoms with Crippen molar-refractivity contribution >= 4 is 25.8 Å². The molecule has 0 unspecified atom stereocenters. The summed E-state index contributed by atoms with van der Waals surface area (Å²) >= 11 is 0. The van der Waals surface area contributed by atoms with E-state index in [9.17, 15) is 26.0 Å². The standard InChI is InChI=1S/C17H19FN2O5S2/c1-26(22,23)15-9-4-5-10-16(15)27(24,25)20-12-6-11-19-17(21)13-7-2-3-8-14(13)18/h2-5,7-10,20H,6,11-12H2,1H3,(H,19,21). The van der Waals surface area contributed by atoms with Crippen molar-refractivity contribution in [3.63, 3.8) is 0 Å². The van der Waals surface area contributed by atoms with Gasteiger partial charge in [-0.3, -0.25) is 4.79 Å². The van der Waals surface area contributed by atoms with Crippen LogP contribution < -0.4 is 10.0 Å². The summed E-state index contributed by atoms with van der Waals surface area (Å²) < 4.78 is 64.0. The lowest BCUT2D eigenvalue weighted by Crippen LogP contribution is -2.30. The van der Waals surface area contributed by atoms with Crippen molar-refractivity contribution in [3.05, 3.63) is 59.9 Å². The molecule has 0 fully saturated rings. The van der Waals surface area contributed by atoms with Crippen LogP contribution >= 0.6 is 0 Å². The minimum Gasteiger partial charge on any atom is -0.352 e. The third kappa shape index (κ3) is 5.59. The predicted molar refractivity (Wildman–Crippen MR) is 98.1 cm³/mol. The molecule has 7 nitrogen and oxygen atoms in total. The molecule has 2 rings (SSSR count). The van der Waals surface area contributed by atoms with Crippen LogP contribution in [0.2, 0.25) is 0 Å². The summed E-state index contributed by atoms with van der Waals surface area (Å²) in [6.07, 6.45) is 1.17. The molecular formula is C17H19FN2O5S2. The van der Waals surface area contributed by atoms with E-state index in [-0.39, 0.29) is 34.9 Å². The van der Waals surface area contributed by atoms with Gasteiger partial charge < -0.3 is 5.32 Å². The Balaban J connectivity index is 1.92. The van der Waals surface area contributed by atoms with Crippen molar-refractivity contribution in [3.8, 4) is 0 Å². The zero-order valence-corrected chi connectivity index (χ0v) is 16.1. The monoisotopic (exact) mass is 414 g/mol. The average Bonchev–Trinajstić information content (AvgIpc) is 2.61. The maximum Gasteiger partial charge on any atom is 0.254 e. The van der Waals surface area contributed by atoms with E-state index in [4.69, 9.17) is 0 Å². The summed E-state index contributed by atoms with van der Waals surface area (Å²) in [4.78, 5) is 11.2. The van der Waals surface area contributed by atoms with E-state index < -0.39 is 31.6 Å². The maximum absolute atomic E-state index is 13.5. The zero-order chi connectivity index (χ0) is 20.1. The van der Waals surface area contributed by atoms with Gasteiger partial charge in [-0.05, 0) is 30.7 Å². The highest BCUT2D eigenvalue weighted by atomic mass is 32.2. The Kier molecular flexibility index (Phi) is 6.68. The fourth-order valence-corrected chi connectivity index (χ4v) is 5.00. The van der Waals surface area contributed by atoms with E-state index in [2.05, 4.69) is 10.0 Å². The highest BCUT2D eigenvalue weighted by Crippen LogP contribution is 2.20. The van der Waals surface area contributed by atoms with Gasteiger partial charge in [0.15, 0.2) is 9.84 Å². The Hall–Kier alpha value is -2.30. The fourth-order valence-electron chi connectivity index (χ4n) is 2.29. The van der Waals surface area contributed by atoms with Crippen LogP contribution in [0, 0.1) is 5.82 Å². The van der Waals surface area contributed by atoms with Crippen molar-refractivity contribution in [2.24, 2.45) is 0 Å². The van der Waals surface area contributed by atoms with Gasteiger partial charge in [0, 0.05) is 19.3 Å². The minimum atomic E-state index is -4.04. The van der Waals surface area contributed by atoms with Crippen LogP contribution in [0.15, 0.2) is 58.3 Å². The van der Waals surface area contributed by atoms with Gasteiger partial charge in [-0.15, -0.1) is 0 Å². The summed E-state index contributed by atoms with van der Waals surface area (Å²) in [5.41, 5.74) is -0.0971. The topological polar surface area (TPSA) is 109 Å². The van der Waals surface area contributed by atoms with Gasteiger partial charge >= 0.3 is 0 Å². The molecule has 2 aromatic rings. The number of carbonyl (C=O) groups is 1. The van der Waals surface area contributed by atoms with E-state index in [0.717, 1.165) is 6.26 Å². The van der Waals surface area contributed by atoms with E-state index in [1.54, 1.807) is 0 Å². The highest BCUT2D eigenvalue weighted by Gasteiger charge is 2.22. The first-order chi connectivity index (χ1) is 12.6. The average molecular weight is 414 g/mol. The van der Waals surface area contributed by atoms with Gasteiger partial charge in [0.2, 0.25) is 10.0 Å². The van der Waals surface area contributed by atoms with Crippen molar-refractivity contribution in [2.75, 3.05) is 19.3 Å². The Morgan fingerprint density at radius 3 is 2.15 bits per heavy atom. The summed E-state index contributed by atoms with van der Waals surface area (Å²) in [7, 11) is -7.75. The van der Waals surface area contributed by atoms with Crippen LogP contribution in [0.1, 0.15) is 16.8 Å². The Morgan fingerprint density at radius 1 is 0.926 bits per heavy atom. The molecule has 0 bridgehead atoms. The first-order valence-corrected chi connectivity index (χ1v) is 11.3. The normalized spacial score (nSPS) is 11.9. The first-order valence-electron chi connectivity index (χ1n) is 7.94. The quantitative estimate of drug-likeness (QED) is 0.634. The number of halogens is 1. The maximum atomic E-state index is 13.5. The number of amides is 1. The lowest BCUT2D eigenvalue weighted by molar-refractivity contribution is 0.0949. The van der Waals surface area contributed by atoms with Crippen molar-refractivity contribution in [1.29, 1.82) is 0 Å². The van der Waals surface area contributed by atoms with Crippen LogP contribution in [0.4, 0.5) is 4.39 Å². The summed E-state index contributed by atoms with van der Waals surface area (Å²) in [5.74, 6) is -1.24. The molecule has 1 amide bonds. The van der Waals surface area contributed by atoms with Crippen LogP contribution in [-0.2, 0) is 19.9 Å². The van der Waals surface area contributed by atoms with Crippen molar-refractivity contribution < 1.29 is 26.0 Å². The zero-order valence-electron chi connectivity index (χ0n) is 14.5. The smallest absolute Gasteiger partial charge is 0.254 e. The molecule has 0 aromatic heterocycles. The number of carbonyl (C=O) groups excluding carboxylic acids is 1. The lowest BCUT2D eigenvalue weighted by atomic mass is 10.2. The van der Waals surface area contributed by atoms with E-state index >= 15 is 0 Å². The van der Waals surface area contributed by atoms with Gasteiger partial charge in [-0.1, -0.05) is 24.3 Å². The van der Waals surface area contributed by atoms with Crippen molar-refractivity contribution in [1.82, 2.24) is 10.0 Å². The lowest BCUT2D eigenvalue weighted by Gasteiger charge is -2.11. The molecule has 0 saturated heterocycles. The molecule has 2 N–H and O–H groups in total. The van der Waals surface area contributed by atoms with Gasteiger partial charge in [0.25, 0.3) is 5.91 Å². The third-order valence-electron chi connectivity index (χ3n) is 3.59. The molecule has 0 heterocycles. The summed E-state index contributed by atoms with van der Waals surface area (Å²) in [6, 6.07) is 10.8. The van der Waals surface area contributed by atoms with E-state index in [1.165, 1.54) is 48.5 Å². The van der Waals surface area contributed by atoms with Crippen molar-refractivity contribution in [2.45, 2.75) is 16.2 Å². The number of nitrogens with one attached hydrogen (secondary N) is 2. The highest BCUT2D eigenvalue weighted by molar-refractivity contribution is 7.93. The van der Waals surface area contributed by atoms with E-state index in [1.807, 2.05) is 0 Å². The molecule has 0 atom stereocenters. The molecule has 0 radical (unpaired) electrons. The summed E-state index contributed by atoms with van der Waals surface area (Å²) in [6.45, 7) is 0.0847. The van der Waals surface area contributed by atoms with Gasteiger partial charge in [0.05, 0.1) is 10.5 Å². The van der Waals surface area contributed by atoms with Crippen LogP contribution in [0.5, 0.6) is 0 Å². The number of sulfone groups is 1. The number of benzene rings is 2. The van der Waals surface area contributed by atoms with Crippen LogP contribution in [-0.4, -0.2) is 42.1 Å². The minimum absolute atomic E-state index is 0.0298. The summed E-state index contributed by atoms with van der Waals surface area (Å²) in [5, 5.41) is 2.49. The molecule has 10 heteroatoms. The van der Waals surface area contributed by atoms with Gasteiger partial charge in [-0.25, -0.2) is 25.9 Å². The first kappa shape index (κ1) is 21.0. The predicted octanol–water partition coefficient (Wildman–Crippen LogP) is 1.33. The van der Waals surface area contributed by atoms with E-state index in [0.29, 0.717) is 0 Å². The Morgan fingerprint density at radius 2 is 1.52 bits per heavy atom. The number of hydrogen-bond donors (Lipinski definition) is 2. The Labute approximate surface area is 157 Å². The molecule has 0 aliphatic carbocycles. The molecule has 2 aromatic carbocycles. The Bertz CT molecular complexity index is 1040. The number of hydrogen-bond acceptors (Lipinski definition) is 5. The SMILES string of the molecule is CS(=O)(=O)c1ccccc1S(=O)(=O)NCCCNC(=O)c1ccccc1F. The van der Waals surface area contributed by atoms with Crippen LogP contribution in [0.25, 0.3) is 0 Å². The second-order valence-electron chi connectivity index (χ2n) is 5.71. The molecule has 0 saturated carbocycles. The molecule has 0 spiro atoms. The second kappa shape index (κ2) is 8.59. The molecular weight excluding hydrogens is 395 g/mol. The third-order valence-corrected chi connectivity index (χ3v) is 6.39. The molecule has 0 aliphatic heterocycles. The molecule has 27 heavy (non-hydrogen) atoms. The second-order valence-corrected chi connectivity index (χ2v) is 9.43. The molecule has 146 valence electrons. The number of sulfonamides is 1.